The Hall–Kier alpha value is -7.72. The van der Waals surface area contributed by atoms with Crippen LogP contribution in [0.25, 0.3) is 0 Å². The van der Waals surface area contributed by atoms with Crippen LogP contribution in [-0.2, 0) is 54.1 Å². The lowest BCUT2D eigenvalue weighted by Gasteiger charge is -2.42. The maximum absolute atomic E-state index is 16.2. The Labute approximate surface area is 514 Å². The molecular weight excluding hydrogens is 1180 g/mol. The van der Waals surface area contributed by atoms with Gasteiger partial charge in [-0.25, -0.2) is 23.2 Å². The summed E-state index contributed by atoms with van der Waals surface area (Å²) in [5, 5.41) is 34.2. The number of allylic oxidation sites excluding steroid dienone is 3. The van der Waals surface area contributed by atoms with Gasteiger partial charge in [-0.1, -0.05) is 62.6 Å². The molecule has 6 rings (SSSR count). The molecule has 482 valence electrons. The highest BCUT2D eigenvalue weighted by atomic mass is 35.5. The summed E-state index contributed by atoms with van der Waals surface area (Å²) in [6.45, 7) is 9.90. The summed E-state index contributed by atoms with van der Waals surface area (Å²) in [6, 6.07) is -0.600. The number of methoxy groups -OCH3 is 2. The first-order chi connectivity index (χ1) is 41.4. The molecule has 0 spiro atoms. The molecule has 4 bridgehead atoms. The standard InChI is InChI=1S/C60H80ClF2N9O16/c1-31(2)51(68-46(73)19-12-11-13-23-72-47(74)20-21-48(72)75)54(78)66-39(17-15-22-65-57(64)81)53(77)67-40-28-37(62)36(27-38(40)63)55(79)70(7)34(5)56(80)87-45-29-49(76)71(8)41-25-35(26-42(84-9)50(41)61)24-32(3)16-14-18-44(85-10)60(83)30-43(86-58(82)69-60)33(4)52-59(45,6)88-52/h14,16,18,20-21,25-28,31,33-34,39,43-45,47,51-52,74,83H,11-13,15,17,19,22-24,29-30H2,1-10H3,(H,66,78)(H,67,77)(H,68,73)(H,69,82)(H3,64,65,81)/b18-14+,32-16+/t33-,34+,39+,43+,44-,45+,47?,51+,52+,59+,60+/m1/s1. The van der Waals surface area contributed by atoms with Crippen molar-refractivity contribution in [3.63, 3.8) is 0 Å². The molecule has 4 aliphatic heterocycles. The smallest absolute Gasteiger partial charge is 0.409 e. The number of anilines is 2. The number of carbonyl (C=O) groups is 9. The lowest BCUT2D eigenvalue weighted by molar-refractivity contribution is -0.158. The number of likely N-dealkylation sites (N-methyl/N-ethyl adjacent to an activating group) is 1. The van der Waals surface area contributed by atoms with E-state index in [0.717, 1.165) is 17.5 Å². The van der Waals surface area contributed by atoms with Crippen molar-refractivity contribution < 1.29 is 85.8 Å². The third-order valence-corrected chi connectivity index (χ3v) is 16.6. The first-order valence-corrected chi connectivity index (χ1v) is 29.3. The Kier molecular flexibility index (Phi) is 23.6. The SMILES string of the molecule is COc1cc2cc(c1Cl)N(C)C(=O)C[C@H](OC(=O)[C@H](C)N(C)C(=O)c1cc(F)c(NC(=O)[C@H](CCCNC(N)=O)NC(=O)[C@@H](NC(=O)CCCCCN3C(=O)C=CC3O)C(C)C)cc1F)[C@]1(C)O[C@H]1[C@H](C)[C@@H]1C[C@@](O)(NC(=O)O1)[C@H](OC)/C=C/C=C(\C)C2. The third kappa shape index (κ3) is 17.1. The zero-order valence-corrected chi connectivity index (χ0v) is 51.7. The average Bonchev–Trinajstić information content (AvgIpc) is 1.70. The first-order valence-electron chi connectivity index (χ1n) is 28.9. The van der Waals surface area contributed by atoms with Gasteiger partial charge in [-0.05, 0) is 88.6 Å². The number of rotatable bonds is 22. The second-order valence-corrected chi connectivity index (χ2v) is 23.4. The molecule has 9 amide bonds. The van der Waals surface area contributed by atoms with Crippen LogP contribution in [0.4, 0.5) is 29.7 Å². The molecule has 0 saturated carbocycles. The summed E-state index contributed by atoms with van der Waals surface area (Å²) in [6.07, 6.45) is 2.27. The largest absolute Gasteiger partial charge is 0.495 e. The van der Waals surface area contributed by atoms with Crippen LogP contribution in [-0.4, -0.2) is 175 Å². The van der Waals surface area contributed by atoms with Gasteiger partial charge in [0.15, 0.2) is 5.72 Å². The van der Waals surface area contributed by atoms with Crippen molar-refractivity contribution in [2.75, 3.05) is 51.6 Å². The van der Waals surface area contributed by atoms with E-state index in [2.05, 4.69) is 26.6 Å². The van der Waals surface area contributed by atoms with Gasteiger partial charge < -0.3 is 75.6 Å². The van der Waals surface area contributed by atoms with Crippen LogP contribution in [0.1, 0.15) is 109 Å². The van der Waals surface area contributed by atoms with Gasteiger partial charge >= 0.3 is 18.1 Å². The predicted molar refractivity (Wildman–Crippen MR) is 316 cm³/mol. The molecule has 88 heavy (non-hydrogen) atoms. The quantitative estimate of drug-likeness (QED) is 0.0460. The first kappa shape index (κ1) is 69.4. The van der Waals surface area contributed by atoms with Crippen LogP contribution >= 0.6 is 11.6 Å². The zero-order chi connectivity index (χ0) is 65.1. The van der Waals surface area contributed by atoms with E-state index >= 15 is 8.78 Å². The van der Waals surface area contributed by atoms with Gasteiger partial charge in [-0.15, -0.1) is 0 Å². The molecule has 2 fully saturated rings. The summed E-state index contributed by atoms with van der Waals surface area (Å²) in [4.78, 5) is 123. The van der Waals surface area contributed by atoms with Crippen LogP contribution in [0, 0.1) is 23.5 Å². The van der Waals surface area contributed by atoms with E-state index in [0.29, 0.717) is 43.4 Å². The summed E-state index contributed by atoms with van der Waals surface area (Å²) in [7, 11) is 5.37. The molecule has 9 N–H and O–H groups in total. The number of nitrogens with one attached hydrogen (secondary N) is 5. The number of hydrogen-bond acceptors (Lipinski definition) is 16. The van der Waals surface area contributed by atoms with Crippen molar-refractivity contribution >= 4 is 76.5 Å². The Morgan fingerprint density at radius 3 is 2.35 bits per heavy atom. The van der Waals surface area contributed by atoms with E-state index < -0.39 is 149 Å². The number of ether oxygens (including phenoxy) is 5. The van der Waals surface area contributed by atoms with E-state index in [1.807, 2.05) is 6.92 Å². The summed E-state index contributed by atoms with van der Waals surface area (Å²) in [5.74, 6) is -9.17. The lowest BCUT2D eigenvalue weighted by Crippen LogP contribution is -2.63. The minimum absolute atomic E-state index is 0.0112. The normalized spacial score (nSPS) is 25.6. The maximum Gasteiger partial charge on any atom is 0.409 e. The number of hydrogen-bond donors (Lipinski definition) is 8. The number of esters is 1. The van der Waals surface area contributed by atoms with Gasteiger partial charge in [0, 0.05) is 65.2 Å². The Morgan fingerprint density at radius 1 is 0.989 bits per heavy atom. The van der Waals surface area contributed by atoms with Gasteiger partial charge in [-0.2, -0.15) is 0 Å². The van der Waals surface area contributed by atoms with Crippen molar-refractivity contribution in [2.45, 2.75) is 159 Å². The van der Waals surface area contributed by atoms with Gasteiger partial charge in [0.25, 0.3) is 5.91 Å². The fourth-order valence-electron chi connectivity index (χ4n) is 10.7. The molecule has 25 nitrogen and oxygen atoms in total. The number of carbonyl (C=O) groups excluding carboxylic acids is 9. The number of aliphatic hydroxyl groups is 2. The topological polar surface area (TPSA) is 339 Å². The number of nitrogens with two attached hydrogens (primary N) is 1. The van der Waals surface area contributed by atoms with Crippen LogP contribution in [0.2, 0.25) is 5.02 Å². The van der Waals surface area contributed by atoms with Crippen molar-refractivity contribution in [3.05, 3.63) is 88.0 Å². The van der Waals surface area contributed by atoms with E-state index in [1.54, 1.807) is 58.1 Å². The van der Waals surface area contributed by atoms with Crippen LogP contribution in [0.3, 0.4) is 0 Å². The molecule has 0 aromatic heterocycles. The van der Waals surface area contributed by atoms with Gasteiger partial charge in [0.1, 0.15) is 70.7 Å². The van der Waals surface area contributed by atoms with E-state index in [4.69, 9.17) is 41.0 Å². The van der Waals surface area contributed by atoms with E-state index in [-0.39, 0.29) is 61.1 Å². The third-order valence-electron chi connectivity index (χ3n) is 16.2. The minimum Gasteiger partial charge on any atom is -0.495 e. The molecule has 1 unspecified atom stereocenters. The van der Waals surface area contributed by atoms with Crippen LogP contribution in [0.5, 0.6) is 5.75 Å². The summed E-state index contributed by atoms with van der Waals surface area (Å²) < 4.78 is 61.5. The molecule has 28 heteroatoms. The number of halogens is 3. The molecule has 0 radical (unpaired) electrons. The van der Waals surface area contributed by atoms with Gasteiger partial charge in [0.2, 0.25) is 29.5 Å². The number of alkyl carbamates (subject to hydrolysis) is 1. The van der Waals surface area contributed by atoms with Gasteiger partial charge in [0.05, 0.1) is 36.6 Å². The molecule has 4 heterocycles. The highest BCUT2D eigenvalue weighted by molar-refractivity contribution is 6.35. The number of benzene rings is 2. The second kappa shape index (κ2) is 30.0. The number of aliphatic hydroxyl groups excluding tert-OH is 1. The number of unbranched alkanes of at least 4 members (excludes halogenated alkanes) is 2. The molecule has 0 aliphatic carbocycles. The fourth-order valence-corrected chi connectivity index (χ4v) is 11.0. The van der Waals surface area contributed by atoms with Crippen LogP contribution < -0.4 is 42.0 Å². The van der Waals surface area contributed by atoms with Crippen molar-refractivity contribution in [2.24, 2.45) is 17.6 Å². The highest BCUT2D eigenvalue weighted by Gasteiger charge is 2.64. The molecular formula is C60H80ClF2N9O16. The van der Waals surface area contributed by atoms with Crippen LogP contribution in [0.15, 0.2) is 60.2 Å². The number of amides is 9. The number of urea groups is 1. The Balaban J connectivity index is 1.18. The predicted octanol–water partition coefficient (Wildman–Crippen LogP) is 4.40. The fraction of sp³-hybridized carbons (Fsp3) is 0.550. The summed E-state index contributed by atoms with van der Waals surface area (Å²) in [5.41, 5.74) is 1.91. The molecule has 4 aliphatic rings. The molecule has 2 aromatic rings. The zero-order valence-electron chi connectivity index (χ0n) is 50.9. The van der Waals surface area contributed by atoms with Crippen molar-refractivity contribution in [1.82, 2.24) is 31.1 Å². The Morgan fingerprint density at radius 2 is 1.70 bits per heavy atom. The summed E-state index contributed by atoms with van der Waals surface area (Å²) >= 11 is 6.82. The average molecular weight is 1260 g/mol. The maximum atomic E-state index is 16.2. The van der Waals surface area contributed by atoms with Crippen molar-refractivity contribution in [1.29, 1.82) is 0 Å². The Bertz CT molecular complexity index is 3080. The number of fused-ring (bicyclic) bond motifs is 5. The van der Waals surface area contributed by atoms with E-state index in [1.165, 1.54) is 50.1 Å². The number of primary amides is 1. The van der Waals surface area contributed by atoms with E-state index in [9.17, 15) is 53.4 Å². The highest BCUT2D eigenvalue weighted by Crippen LogP contribution is 2.49. The van der Waals surface area contributed by atoms with Crippen molar-refractivity contribution in [3.8, 4) is 5.75 Å². The lowest BCUT2D eigenvalue weighted by atomic mass is 9.83. The molecule has 2 aromatic carbocycles. The second-order valence-electron chi connectivity index (χ2n) is 23.0. The molecule has 11 atom stereocenters. The number of nitrogens with zero attached hydrogens (tertiary/aromatic N) is 3. The molecule has 2 saturated heterocycles. The van der Waals surface area contributed by atoms with Gasteiger partial charge in [-0.3, -0.25) is 34.1 Å². The minimum atomic E-state index is -1.97. The number of epoxide rings is 1. The monoisotopic (exact) mass is 1260 g/mol.